The Balaban J connectivity index is 2.01. The summed E-state index contributed by atoms with van der Waals surface area (Å²) < 4.78 is 17.9. The molecule has 2 aromatic carbocycles. The van der Waals surface area contributed by atoms with Gasteiger partial charge in [-0.15, -0.1) is 0 Å². The highest BCUT2D eigenvalue weighted by Gasteiger charge is 2.35. The van der Waals surface area contributed by atoms with Gasteiger partial charge in [0.05, 0.1) is 41.6 Å². The minimum atomic E-state index is -0.842. The Hall–Kier alpha value is -4.25. The molecule has 0 fully saturated rings. The van der Waals surface area contributed by atoms with Gasteiger partial charge in [0.2, 0.25) is 0 Å². The number of carbonyl (C=O) groups is 1. The molecular weight excluding hydrogens is 486 g/mol. The van der Waals surface area contributed by atoms with E-state index in [4.69, 9.17) is 14.2 Å². The molecule has 3 aromatic rings. The van der Waals surface area contributed by atoms with Crippen molar-refractivity contribution >= 4 is 29.1 Å². The lowest BCUT2D eigenvalue weighted by Gasteiger charge is -2.25. The first kappa shape index (κ1) is 24.9. The highest BCUT2D eigenvalue weighted by Crippen LogP contribution is 2.35. The second kappa shape index (κ2) is 10.2. The number of methoxy groups -OCH3 is 2. The summed E-state index contributed by atoms with van der Waals surface area (Å²) in [5, 5.41) is 11.3. The molecule has 0 saturated heterocycles. The van der Waals surface area contributed by atoms with Crippen molar-refractivity contribution in [2.45, 2.75) is 19.9 Å². The van der Waals surface area contributed by atoms with Crippen molar-refractivity contribution in [3.8, 4) is 11.5 Å². The molecule has 0 unspecified atom stereocenters. The molecule has 0 amide bonds. The fourth-order valence-corrected chi connectivity index (χ4v) is 5.10. The molecular formula is C25H23N3O7S. The van der Waals surface area contributed by atoms with Gasteiger partial charge >= 0.3 is 5.97 Å². The van der Waals surface area contributed by atoms with Crippen molar-refractivity contribution in [1.82, 2.24) is 4.57 Å². The maximum atomic E-state index is 13.7. The number of allylic oxidation sites excluding steroid dienone is 1. The molecule has 4 rings (SSSR count). The Kier molecular flexibility index (Phi) is 7.02. The lowest BCUT2D eigenvalue weighted by atomic mass is 9.95. The summed E-state index contributed by atoms with van der Waals surface area (Å²) in [7, 11) is 2.95. The number of para-hydroxylation sites is 1. The van der Waals surface area contributed by atoms with E-state index in [0.717, 1.165) is 11.3 Å². The Bertz CT molecular complexity index is 1570. The number of fused-ring (bicyclic) bond motifs is 1. The van der Waals surface area contributed by atoms with Crippen molar-refractivity contribution in [2.75, 3.05) is 20.8 Å². The van der Waals surface area contributed by atoms with Gasteiger partial charge in [-0.2, -0.15) is 0 Å². The number of esters is 1. The summed E-state index contributed by atoms with van der Waals surface area (Å²) in [4.78, 5) is 42.4. The van der Waals surface area contributed by atoms with E-state index in [9.17, 15) is 19.7 Å². The van der Waals surface area contributed by atoms with Crippen LogP contribution in [0.1, 0.15) is 31.0 Å². The number of hydrogen-bond donors (Lipinski definition) is 0. The number of aromatic nitrogens is 1. The third-order valence-electron chi connectivity index (χ3n) is 5.66. The molecule has 11 heteroatoms. The average molecular weight is 510 g/mol. The maximum absolute atomic E-state index is 13.7. The quantitative estimate of drug-likeness (QED) is 0.273. The minimum Gasteiger partial charge on any atom is -0.496 e. The molecule has 1 atom stereocenters. The SMILES string of the molecule is CCOC(=O)C1=C(C)N=c2s/c(=C/c3cc([N+](=O)[O-])ccc3OC)c(=O)n2[C@@H]1c1ccccc1OC. The largest absolute Gasteiger partial charge is 0.496 e. The topological polar surface area (TPSA) is 122 Å². The second-order valence-electron chi connectivity index (χ2n) is 7.73. The van der Waals surface area contributed by atoms with Gasteiger partial charge in [0.1, 0.15) is 17.5 Å². The van der Waals surface area contributed by atoms with Crippen LogP contribution in [-0.4, -0.2) is 36.3 Å². The lowest BCUT2D eigenvalue weighted by Crippen LogP contribution is -2.40. The van der Waals surface area contributed by atoms with Crippen molar-refractivity contribution in [2.24, 2.45) is 4.99 Å². The molecule has 36 heavy (non-hydrogen) atoms. The molecule has 0 spiro atoms. The van der Waals surface area contributed by atoms with Crippen LogP contribution in [0.3, 0.4) is 0 Å². The van der Waals surface area contributed by atoms with E-state index in [1.807, 2.05) is 0 Å². The van der Waals surface area contributed by atoms with Gasteiger partial charge in [-0.25, -0.2) is 9.79 Å². The molecule has 10 nitrogen and oxygen atoms in total. The van der Waals surface area contributed by atoms with Crippen molar-refractivity contribution in [3.05, 3.63) is 94.7 Å². The van der Waals surface area contributed by atoms with E-state index in [2.05, 4.69) is 4.99 Å². The number of ether oxygens (including phenoxy) is 3. The predicted molar refractivity (Wildman–Crippen MR) is 133 cm³/mol. The average Bonchev–Trinajstić information content (AvgIpc) is 3.17. The number of hydrogen-bond acceptors (Lipinski definition) is 9. The zero-order chi connectivity index (χ0) is 26.0. The number of nitro benzene ring substituents is 1. The maximum Gasteiger partial charge on any atom is 0.338 e. The van der Waals surface area contributed by atoms with Crippen LogP contribution in [0.2, 0.25) is 0 Å². The van der Waals surface area contributed by atoms with Crippen LogP contribution >= 0.6 is 11.3 Å². The summed E-state index contributed by atoms with van der Waals surface area (Å²) in [6.45, 7) is 3.55. The third-order valence-corrected chi connectivity index (χ3v) is 6.64. The molecule has 186 valence electrons. The van der Waals surface area contributed by atoms with E-state index in [1.54, 1.807) is 38.1 Å². The lowest BCUT2D eigenvalue weighted by molar-refractivity contribution is -0.384. The number of carbonyl (C=O) groups excluding carboxylic acids is 1. The first-order chi connectivity index (χ1) is 17.3. The summed E-state index contributed by atoms with van der Waals surface area (Å²) in [5.41, 5.74) is 1.06. The Morgan fingerprint density at radius 1 is 1.19 bits per heavy atom. The number of nitrogens with zero attached hydrogens (tertiary/aromatic N) is 3. The Morgan fingerprint density at radius 3 is 2.58 bits per heavy atom. The highest BCUT2D eigenvalue weighted by atomic mass is 32.1. The predicted octanol–water partition coefficient (Wildman–Crippen LogP) is 2.72. The first-order valence-electron chi connectivity index (χ1n) is 11.0. The Morgan fingerprint density at radius 2 is 1.92 bits per heavy atom. The standard InChI is InChI=1S/C25H23N3O7S/c1-5-35-24(30)21-14(2)26-25-27(22(21)17-8-6-7-9-19(17)34-4)23(29)20(36-25)13-15-12-16(28(31)32)10-11-18(15)33-3/h6-13,22H,5H2,1-4H3/b20-13+/t22-/m1/s1. The van der Waals surface area contributed by atoms with E-state index in [1.165, 1.54) is 43.1 Å². The highest BCUT2D eigenvalue weighted by molar-refractivity contribution is 7.07. The molecule has 1 aliphatic rings. The van der Waals surface area contributed by atoms with Gasteiger partial charge in [-0.1, -0.05) is 29.5 Å². The van der Waals surface area contributed by atoms with E-state index in [0.29, 0.717) is 33.1 Å². The minimum absolute atomic E-state index is 0.137. The summed E-state index contributed by atoms with van der Waals surface area (Å²) >= 11 is 1.11. The summed E-state index contributed by atoms with van der Waals surface area (Å²) in [5.74, 6) is 0.286. The van der Waals surface area contributed by atoms with Crippen molar-refractivity contribution in [1.29, 1.82) is 0 Å². The van der Waals surface area contributed by atoms with Crippen molar-refractivity contribution in [3.63, 3.8) is 0 Å². The summed E-state index contributed by atoms with van der Waals surface area (Å²) in [6, 6.07) is 10.4. The van der Waals surface area contributed by atoms with Crippen LogP contribution in [0.5, 0.6) is 11.5 Å². The van der Waals surface area contributed by atoms with Gasteiger partial charge in [0, 0.05) is 23.3 Å². The fraction of sp³-hybridized carbons (Fsp3) is 0.240. The molecule has 0 radical (unpaired) electrons. The van der Waals surface area contributed by atoms with Gasteiger partial charge in [-0.05, 0) is 32.1 Å². The first-order valence-corrected chi connectivity index (χ1v) is 11.8. The smallest absolute Gasteiger partial charge is 0.338 e. The van der Waals surface area contributed by atoms with Crippen LogP contribution < -0.4 is 24.4 Å². The van der Waals surface area contributed by atoms with E-state index >= 15 is 0 Å². The van der Waals surface area contributed by atoms with Crippen LogP contribution in [-0.2, 0) is 9.53 Å². The third kappa shape index (κ3) is 4.40. The summed E-state index contributed by atoms with van der Waals surface area (Å²) in [6.07, 6.45) is 1.53. The molecule has 0 bridgehead atoms. The molecule has 1 aliphatic heterocycles. The molecule has 0 N–H and O–H groups in total. The van der Waals surface area contributed by atoms with Gasteiger partial charge in [0.15, 0.2) is 4.80 Å². The number of nitro groups is 1. The van der Waals surface area contributed by atoms with Crippen LogP contribution in [0, 0.1) is 10.1 Å². The van der Waals surface area contributed by atoms with Gasteiger partial charge < -0.3 is 14.2 Å². The number of benzene rings is 2. The Labute approximate surface area is 209 Å². The molecule has 0 aliphatic carbocycles. The second-order valence-corrected chi connectivity index (χ2v) is 8.74. The number of rotatable bonds is 7. The van der Waals surface area contributed by atoms with Crippen molar-refractivity contribution < 1.29 is 23.9 Å². The molecule has 0 saturated carbocycles. The monoisotopic (exact) mass is 509 g/mol. The number of non-ortho nitro benzene ring substituents is 1. The van der Waals surface area contributed by atoms with E-state index < -0.39 is 22.5 Å². The van der Waals surface area contributed by atoms with Crippen LogP contribution in [0.4, 0.5) is 5.69 Å². The molecule has 2 heterocycles. The normalized spacial score (nSPS) is 15.2. The van der Waals surface area contributed by atoms with Gasteiger partial charge in [0.25, 0.3) is 11.2 Å². The molecule has 1 aromatic heterocycles. The van der Waals surface area contributed by atoms with Crippen LogP contribution in [0.15, 0.2) is 63.5 Å². The van der Waals surface area contributed by atoms with Gasteiger partial charge in [-0.3, -0.25) is 19.5 Å². The zero-order valence-corrected chi connectivity index (χ0v) is 20.8. The number of thiazole rings is 1. The zero-order valence-electron chi connectivity index (χ0n) is 20.0. The van der Waals surface area contributed by atoms with E-state index in [-0.39, 0.29) is 22.4 Å². The van der Waals surface area contributed by atoms with Crippen LogP contribution in [0.25, 0.3) is 6.08 Å². The fourth-order valence-electron chi connectivity index (χ4n) is 4.07.